The van der Waals surface area contributed by atoms with Gasteiger partial charge in [-0.05, 0) is 29.9 Å². The van der Waals surface area contributed by atoms with E-state index in [2.05, 4.69) is 25.1 Å². The van der Waals surface area contributed by atoms with E-state index in [0.717, 1.165) is 24.8 Å². The van der Waals surface area contributed by atoms with Crippen molar-refractivity contribution in [1.82, 2.24) is 0 Å². The third-order valence-electron chi connectivity index (χ3n) is 2.96. The number of benzene rings is 1. The lowest BCUT2D eigenvalue weighted by Crippen LogP contribution is -2.06. The smallest absolute Gasteiger partial charge is 0.0824 e. The van der Waals surface area contributed by atoms with Crippen molar-refractivity contribution >= 4 is 0 Å². The number of hydrogen-bond donors (Lipinski definition) is 1. The Kier molecular flexibility index (Phi) is 2.36. The number of rotatable bonds is 2. The molecule has 0 bridgehead atoms. The van der Waals surface area contributed by atoms with E-state index in [9.17, 15) is 5.11 Å². The van der Waals surface area contributed by atoms with E-state index in [1.54, 1.807) is 0 Å². The van der Waals surface area contributed by atoms with Crippen LogP contribution < -0.4 is 0 Å². The van der Waals surface area contributed by atoms with Crippen LogP contribution in [0.1, 0.15) is 37.0 Å². The van der Waals surface area contributed by atoms with Crippen LogP contribution in [0.15, 0.2) is 24.3 Å². The fraction of sp³-hybridized carbons (Fsp3) is 0.500. The van der Waals surface area contributed by atoms with Gasteiger partial charge in [0, 0.05) is 0 Å². The molecule has 1 aliphatic rings. The summed E-state index contributed by atoms with van der Waals surface area (Å²) in [5, 5.41) is 9.97. The third kappa shape index (κ3) is 1.49. The zero-order chi connectivity index (χ0) is 9.26. The minimum Gasteiger partial charge on any atom is -0.388 e. The molecule has 0 heterocycles. The highest BCUT2D eigenvalue weighted by Gasteiger charge is 2.29. The summed E-state index contributed by atoms with van der Waals surface area (Å²) in [6.07, 6.45) is 3.15. The lowest BCUT2D eigenvalue weighted by molar-refractivity contribution is 0.118. The molecule has 0 saturated carbocycles. The van der Waals surface area contributed by atoms with Crippen LogP contribution in [-0.4, -0.2) is 5.11 Å². The van der Waals surface area contributed by atoms with Crippen LogP contribution in [0.25, 0.3) is 0 Å². The van der Waals surface area contributed by atoms with Gasteiger partial charge in [0.05, 0.1) is 6.10 Å². The van der Waals surface area contributed by atoms with Crippen LogP contribution in [0.2, 0.25) is 0 Å². The fourth-order valence-electron chi connectivity index (χ4n) is 2.29. The minimum absolute atomic E-state index is 0.212. The second-order valence-electron chi connectivity index (χ2n) is 3.90. The summed E-state index contributed by atoms with van der Waals surface area (Å²) in [5.74, 6) is 0.461. The van der Waals surface area contributed by atoms with Crippen molar-refractivity contribution in [2.45, 2.75) is 32.3 Å². The molecule has 0 radical (unpaired) electrons. The summed E-state index contributed by atoms with van der Waals surface area (Å²) in [5.41, 5.74) is 2.49. The predicted molar refractivity (Wildman–Crippen MR) is 53.5 cm³/mol. The van der Waals surface area contributed by atoms with Gasteiger partial charge in [-0.15, -0.1) is 0 Å². The largest absolute Gasteiger partial charge is 0.388 e. The summed E-state index contributed by atoms with van der Waals surface area (Å²) in [7, 11) is 0. The molecule has 1 aromatic carbocycles. The van der Waals surface area contributed by atoms with Gasteiger partial charge in [0.1, 0.15) is 0 Å². The van der Waals surface area contributed by atoms with Gasteiger partial charge in [0.25, 0.3) is 0 Å². The van der Waals surface area contributed by atoms with Gasteiger partial charge in [-0.25, -0.2) is 0 Å². The first-order valence-corrected chi connectivity index (χ1v) is 5.08. The number of aliphatic hydroxyl groups is 1. The van der Waals surface area contributed by atoms with Crippen LogP contribution in [0.4, 0.5) is 0 Å². The molecular formula is C12H16O. The molecule has 0 fully saturated rings. The van der Waals surface area contributed by atoms with Crippen LogP contribution in [-0.2, 0) is 6.42 Å². The first kappa shape index (κ1) is 8.76. The van der Waals surface area contributed by atoms with Gasteiger partial charge >= 0.3 is 0 Å². The highest BCUT2D eigenvalue weighted by Crippen LogP contribution is 2.37. The highest BCUT2D eigenvalue weighted by atomic mass is 16.3. The zero-order valence-corrected chi connectivity index (χ0v) is 8.03. The van der Waals surface area contributed by atoms with Crippen molar-refractivity contribution in [3.63, 3.8) is 0 Å². The fourth-order valence-corrected chi connectivity index (χ4v) is 2.29. The molecule has 0 aromatic heterocycles. The average molecular weight is 176 g/mol. The summed E-state index contributed by atoms with van der Waals surface area (Å²) in [6, 6.07) is 8.25. The molecular weight excluding hydrogens is 160 g/mol. The second-order valence-corrected chi connectivity index (χ2v) is 3.90. The van der Waals surface area contributed by atoms with E-state index in [0.29, 0.717) is 5.92 Å². The average Bonchev–Trinajstić information content (AvgIpc) is 2.46. The quantitative estimate of drug-likeness (QED) is 0.734. The number of fused-ring (bicyclic) bond motifs is 1. The maximum Gasteiger partial charge on any atom is 0.0824 e. The molecule has 70 valence electrons. The third-order valence-corrected chi connectivity index (χ3v) is 2.96. The van der Waals surface area contributed by atoms with E-state index < -0.39 is 0 Å². The summed E-state index contributed by atoms with van der Waals surface area (Å²) in [6.45, 7) is 2.18. The van der Waals surface area contributed by atoms with Crippen molar-refractivity contribution in [3.05, 3.63) is 35.4 Å². The molecule has 0 spiro atoms. The van der Waals surface area contributed by atoms with Crippen molar-refractivity contribution in [1.29, 1.82) is 0 Å². The summed E-state index contributed by atoms with van der Waals surface area (Å²) >= 11 is 0. The normalized spacial score (nSPS) is 26.0. The van der Waals surface area contributed by atoms with E-state index in [1.807, 2.05) is 6.07 Å². The highest BCUT2D eigenvalue weighted by molar-refractivity contribution is 5.34. The van der Waals surface area contributed by atoms with E-state index >= 15 is 0 Å². The van der Waals surface area contributed by atoms with E-state index in [1.165, 1.54) is 5.56 Å². The van der Waals surface area contributed by atoms with Crippen LogP contribution in [0, 0.1) is 5.92 Å². The molecule has 1 aliphatic carbocycles. The SMILES string of the molecule is CCCC1Cc2ccccc2C1O. The molecule has 13 heavy (non-hydrogen) atoms. The lowest BCUT2D eigenvalue weighted by atomic mass is 9.98. The summed E-state index contributed by atoms with van der Waals surface area (Å²) < 4.78 is 0. The Bertz CT molecular complexity index is 293. The molecule has 2 rings (SSSR count). The number of aliphatic hydroxyl groups excluding tert-OH is 1. The second kappa shape index (κ2) is 3.51. The molecule has 0 saturated heterocycles. The Morgan fingerprint density at radius 1 is 1.38 bits per heavy atom. The number of hydrogen-bond acceptors (Lipinski definition) is 1. The van der Waals surface area contributed by atoms with Gasteiger partial charge in [-0.2, -0.15) is 0 Å². The molecule has 0 aliphatic heterocycles. The Hall–Kier alpha value is -0.820. The van der Waals surface area contributed by atoms with Gasteiger partial charge in [0.15, 0.2) is 0 Å². The van der Waals surface area contributed by atoms with Crippen molar-refractivity contribution < 1.29 is 5.11 Å². The minimum atomic E-state index is -0.212. The van der Waals surface area contributed by atoms with Gasteiger partial charge in [-0.3, -0.25) is 0 Å². The standard InChI is InChI=1S/C12H16O/c1-2-5-10-8-9-6-3-4-7-11(9)12(10)13/h3-4,6-7,10,12-13H,2,5,8H2,1H3. The van der Waals surface area contributed by atoms with Gasteiger partial charge in [0.2, 0.25) is 0 Å². The first-order valence-electron chi connectivity index (χ1n) is 5.08. The lowest BCUT2D eigenvalue weighted by Gasteiger charge is -2.13. The maximum absolute atomic E-state index is 9.97. The molecule has 0 amide bonds. The summed E-state index contributed by atoms with van der Waals surface area (Å²) in [4.78, 5) is 0. The van der Waals surface area contributed by atoms with Crippen LogP contribution in [0.5, 0.6) is 0 Å². The Morgan fingerprint density at radius 2 is 2.15 bits per heavy atom. The van der Waals surface area contributed by atoms with Crippen LogP contribution >= 0.6 is 0 Å². The topological polar surface area (TPSA) is 20.2 Å². The Morgan fingerprint density at radius 3 is 2.85 bits per heavy atom. The van der Waals surface area contributed by atoms with Crippen LogP contribution in [0.3, 0.4) is 0 Å². The Labute approximate surface area is 79.4 Å². The van der Waals surface area contributed by atoms with Crippen molar-refractivity contribution in [2.24, 2.45) is 5.92 Å². The zero-order valence-electron chi connectivity index (χ0n) is 8.03. The molecule has 1 heteroatoms. The van der Waals surface area contributed by atoms with E-state index in [-0.39, 0.29) is 6.10 Å². The predicted octanol–water partition coefficient (Wildman–Crippen LogP) is 2.69. The molecule has 1 aromatic rings. The van der Waals surface area contributed by atoms with Gasteiger partial charge in [-0.1, -0.05) is 37.6 Å². The monoisotopic (exact) mass is 176 g/mol. The maximum atomic E-state index is 9.97. The molecule has 2 unspecified atom stereocenters. The van der Waals surface area contributed by atoms with Gasteiger partial charge < -0.3 is 5.11 Å². The van der Waals surface area contributed by atoms with Crippen molar-refractivity contribution in [2.75, 3.05) is 0 Å². The Balaban J connectivity index is 2.22. The molecule has 2 atom stereocenters. The van der Waals surface area contributed by atoms with Crippen molar-refractivity contribution in [3.8, 4) is 0 Å². The molecule has 1 nitrogen and oxygen atoms in total. The first-order chi connectivity index (χ1) is 6.33. The van der Waals surface area contributed by atoms with E-state index in [4.69, 9.17) is 0 Å². The molecule has 1 N–H and O–H groups in total.